The van der Waals surface area contributed by atoms with Crippen molar-refractivity contribution in [2.75, 3.05) is 11.1 Å². The molecule has 0 fully saturated rings. The highest BCUT2D eigenvalue weighted by atomic mass is 79.9. The lowest BCUT2D eigenvalue weighted by molar-refractivity contribution is 1.14. The Hall–Kier alpha value is -1.07. The van der Waals surface area contributed by atoms with Crippen LogP contribution in [0.25, 0.3) is 0 Å². The van der Waals surface area contributed by atoms with E-state index in [1.165, 1.54) is 4.88 Å². The zero-order valence-corrected chi connectivity index (χ0v) is 11.2. The van der Waals surface area contributed by atoms with Crippen LogP contribution in [-0.2, 0) is 6.54 Å². The molecule has 2 rings (SSSR count). The standard InChI is InChI=1S/C11H12BrN3S/c1-7-4-5-14-11(10(7)13)15-6-8-2-3-9(12)16-8/h2-5H,6,13H2,1H3,(H,14,15). The first-order valence-corrected chi connectivity index (χ1v) is 6.47. The number of nitrogen functional groups attached to an aromatic ring is 1. The summed E-state index contributed by atoms with van der Waals surface area (Å²) in [6, 6.07) is 6.02. The molecule has 0 saturated carbocycles. The molecule has 16 heavy (non-hydrogen) atoms. The summed E-state index contributed by atoms with van der Waals surface area (Å²) in [6.45, 7) is 2.72. The van der Waals surface area contributed by atoms with Crippen molar-refractivity contribution in [3.8, 4) is 0 Å². The lowest BCUT2D eigenvalue weighted by atomic mass is 10.2. The number of hydrogen-bond donors (Lipinski definition) is 2. The smallest absolute Gasteiger partial charge is 0.149 e. The lowest BCUT2D eigenvalue weighted by Crippen LogP contribution is -2.04. The van der Waals surface area contributed by atoms with E-state index in [-0.39, 0.29) is 0 Å². The molecule has 0 unspecified atom stereocenters. The van der Waals surface area contributed by atoms with Gasteiger partial charge >= 0.3 is 0 Å². The van der Waals surface area contributed by atoms with Gasteiger partial charge in [-0.05, 0) is 46.6 Å². The number of nitrogens with two attached hydrogens (primary N) is 1. The van der Waals surface area contributed by atoms with Crippen LogP contribution in [0.4, 0.5) is 11.5 Å². The average Bonchev–Trinajstić information content (AvgIpc) is 2.67. The van der Waals surface area contributed by atoms with Gasteiger partial charge < -0.3 is 11.1 Å². The minimum atomic E-state index is 0.720. The third kappa shape index (κ3) is 2.54. The first-order chi connectivity index (χ1) is 7.66. The maximum absolute atomic E-state index is 5.92. The fraction of sp³-hybridized carbons (Fsp3) is 0.182. The number of anilines is 2. The molecule has 84 valence electrons. The Labute approximate surface area is 107 Å². The third-order valence-electron chi connectivity index (χ3n) is 2.27. The van der Waals surface area contributed by atoms with Crippen LogP contribution >= 0.6 is 27.3 Å². The highest BCUT2D eigenvalue weighted by Crippen LogP contribution is 2.24. The molecule has 0 radical (unpaired) electrons. The molecule has 0 spiro atoms. The van der Waals surface area contributed by atoms with Crippen LogP contribution in [-0.4, -0.2) is 4.98 Å². The fourth-order valence-electron chi connectivity index (χ4n) is 1.33. The Kier molecular flexibility index (Phi) is 3.46. The summed E-state index contributed by atoms with van der Waals surface area (Å²) in [6.07, 6.45) is 1.76. The van der Waals surface area contributed by atoms with E-state index in [4.69, 9.17) is 5.73 Å². The van der Waals surface area contributed by atoms with Crippen LogP contribution in [0.1, 0.15) is 10.4 Å². The number of nitrogens with one attached hydrogen (secondary N) is 1. The van der Waals surface area contributed by atoms with Gasteiger partial charge in [-0.3, -0.25) is 0 Å². The van der Waals surface area contributed by atoms with Gasteiger partial charge in [-0.1, -0.05) is 0 Å². The number of pyridine rings is 1. The number of aromatic nitrogens is 1. The Morgan fingerprint density at radius 1 is 1.44 bits per heavy atom. The molecule has 0 aliphatic rings. The van der Waals surface area contributed by atoms with Crippen molar-refractivity contribution in [2.45, 2.75) is 13.5 Å². The monoisotopic (exact) mass is 297 g/mol. The minimum absolute atomic E-state index is 0.720. The van der Waals surface area contributed by atoms with Gasteiger partial charge in [0.2, 0.25) is 0 Å². The Morgan fingerprint density at radius 2 is 2.25 bits per heavy atom. The molecule has 0 saturated heterocycles. The normalized spacial score (nSPS) is 10.4. The summed E-state index contributed by atoms with van der Waals surface area (Å²) in [5.74, 6) is 0.754. The second kappa shape index (κ2) is 4.84. The number of rotatable bonds is 3. The molecule has 0 aliphatic carbocycles. The van der Waals surface area contributed by atoms with Gasteiger partial charge in [-0.25, -0.2) is 4.98 Å². The Balaban J connectivity index is 2.07. The van der Waals surface area contributed by atoms with Crippen molar-refractivity contribution in [2.24, 2.45) is 0 Å². The number of aryl methyl sites for hydroxylation is 1. The molecule has 2 aromatic heterocycles. The zero-order valence-electron chi connectivity index (χ0n) is 8.83. The molecule has 0 bridgehead atoms. The second-order valence-corrected chi connectivity index (χ2v) is 6.00. The van der Waals surface area contributed by atoms with Gasteiger partial charge in [0.1, 0.15) is 5.82 Å². The van der Waals surface area contributed by atoms with E-state index >= 15 is 0 Å². The van der Waals surface area contributed by atoms with Gasteiger partial charge in [0.05, 0.1) is 16.0 Å². The van der Waals surface area contributed by atoms with E-state index < -0.39 is 0 Å². The zero-order chi connectivity index (χ0) is 11.5. The molecule has 0 aliphatic heterocycles. The van der Waals surface area contributed by atoms with Crippen molar-refractivity contribution < 1.29 is 0 Å². The topological polar surface area (TPSA) is 50.9 Å². The van der Waals surface area contributed by atoms with E-state index in [9.17, 15) is 0 Å². The molecule has 0 aromatic carbocycles. The molecule has 3 nitrogen and oxygen atoms in total. The van der Waals surface area contributed by atoms with Gasteiger partial charge in [-0.2, -0.15) is 0 Å². The van der Waals surface area contributed by atoms with Crippen molar-refractivity contribution in [3.63, 3.8) is 0 Å². The summed E-state index contributed by atoms with van der Waals surface area (Å²) in [5.41, 5.74) is 7.69. The highest BCUT2D eigenvalue weighted by molar-refractivity contribution is 9.11. The quantitative estimate of drug-likeness (QED) is 0.913. The fourth-order valence-corrected chi connectivity index (χ4v) is 2.75. The first-order valence-electron chi connectivity index (χ1n) is 4.86. The molecule has 5 heteroatoms. The summed E-state index contributed by atoms with van der Waals surface area (Å²) in [7, 11) is 0. The molecule has 0 amide bonds. The predicted octanol–water partition coefficient (Wildman–Crippen LogP) is 3.41. The summed E-state index contributed by atoms with van der Waals surface area (Å²) in [4.78, 5) is 5.46. The maximum Gasteiger partial charge on any atom is 0.149 e. The summed E-state index contributed by atoms with van der Waals surface area (Å²) >= 11 is 5.14. The van der Waals surface area contributed by atoms with E-state index in [0.29, 0.717) is 0 Å². The van der Waals surface area contributed by atoms with Crippen molar-refractivity contribution in [3.05, 3.63) is 38.6 Å². The van der Waals surface area contributed by atoms with Gasteiger partial charge in [0.25, 0.3) is 0 Å². The van der Waals surface area contributed by atoms with Crippen LogP contribution in [0.3, 0.4) is 0 Å². The van der Waals surface area contributed by atoms with Crippen LogP contribution in [0, 0.1) is 6.92 Å². The molecule has 2 aromatic rings. The Bertz CT molecular complexity index is 496. The van der Waals surface area contributed by atoms with Gasteiger partial charge in [0.15, 0.2) is 0 Å². The number of thiophene rings is 1. The van der Waals surface area contributed by atoms with Gasteiger partial charge in [0, 0.05) is 11.1 Å². The Morgan fingerprint density at radius 3 is 2.94 bits per heavy atom. The predicted molar refractivity (Wildman–Crippen MR) is 72.7 cm³/mol. The van der Waals surface area contributed by atoms with Crippen LogP contribution in [0.15, 0.2) is 28.2 Å². The largest absolute Gasteiger partial charge is 0.396 e. The van der Waals surface area contributed by atoms with Crippen molar-refractivity contribution in [1.29, 1.82) is 0 Å². The summed E-state index contributed by atoms with van der Waals surface area (Å²) in [5, 5.41) is 3.24. The van der Waals surface area contributed by atoms with Crippen LogP contribution in [0.2, 0.25) is 0 Å². The minimum Gasteiger partial charge on any atom is -0.396 e. The van der Waals surface area contributed by atoms with Crippen molar-refractivity contribution in [1.82, 2.24) is 4.98 Å². The molecule has 2 heterocycles. The molecular weight excluding hydrogens is 286 g/mol. The average molecular weight is 298 g/mol. The van der Waals surface area contributed by atoms with E-state index in [1.807, 2.05) is 19.1 Å². The molecule has 3 N–H and O–H groups in total. The van der Waals surface area contributed by atoms with Crippen molar-refractivity contribution >= 4 is 38.8 Å². The van der Waals surface area contributed by atoms with Gasteiger partial charge in [-0.15, -0.1) is 11.3 Å². The van der Waals surface area contributed by atoms with E-state index in [0.717, 1.165) is 27.4 Å². The number of hydrogen-bond acceptors (Lipinski definition) is 4. The third-order valence-corrected chi connectivity index (χ3v) is 3.89. The molecule has 0 atom stereocenters. The number of nitrogens with zero attached hydrogens (tertiary/aromatic N) is 1. The lowest BCUT2D eigenvalue weighted by Gasteiger charge is -2.08. The van der Waals surface area contributed by atoms with Crippen LogP contribution < -0.4 is 11.1 Å². The molecular formula is C11H12BrN3S. The maximum atomic E-state index is 5.92. The number of halogens is 1. The first kappa shape index (κ1) is 11.4. The highest BCUT2D eigenvalue weighted by Gasteiger charge is 2.03. The summed E-state index contributed by atoms with van der Waals surface area (Å²) < 4.78 is 1.13. The second-order valence-electron chi connectivity index (χ2n) is 3.45. The van der Waals surface area contributed by atoms with Crippen LogP contribution in [0.5, 0.6) is 0 Å². The van der Waals surface area contributed by atoms with E-state index in [2.05, 4.69) is 32.3 Å². The SMILES string of the molecule is Cc1ccnc(NCc2ccc(Br)s2)c1N. The van der Waals surface area contributed by atoms with E-state index in [1.54, 1.807) is 17.5 Å².